The van der Waals surface area contributed by atoms with Crippen LogP contribution in [0.25, 0.3) is 0 Å². The summed E-state index contributed by atoms with van der Waals surface area (Å²) in [6.07, 6.45) is 1.11. The van der Waals surface area contributed by atoms with Gasteiger partial charge in [0.15, 0.2) is 0 Å². The molecule has 1 unspecified atom stereocenters. The monoisotopic (exact) mass is 320 g/mol. The number of para-hydroxylation sites is 2. The Kier molecular flexibility index (Phi) is 5.09. The maximum absolute atomic E-state index is 9.69. The largest absolute Gasteiger partial charge is 0.495 e. The quantitative estimate of drug-likeness (QED) is 0.893. The zero-order valence-electron chi connectivity index (χ0n) is 14.2. The molecule has 0 amide bonds. The summed E-state index contributed by atoms with van der Waals surface area (Å²) in [6.45, 7) is 7.80. The van der Waals surface area contributed by atoms with E-state index in [1.54, 1.807) is 7.11 Å². The van der Waals surface area contributed by atoms with Crippen LogP contribution in [0.15, 0.2) is 24.3 Å². The van der Waals surface area contributed by atoms with Gasteiger partial charge in [0.2, 0.25) is 0 Å². The van der Waals surface area contributed by atoms with Gasteiger partial charge in [-0.3, -0.25) is 4.90 Å². The molecule has 1 N–H and O–H groups in total. The third kappa shape index (κ3) is 3.47. The molecule has 0 bridgehead atoms. The summed E-state index contributed by atoms with van der Waals surface area (Å²) >= 11 is 0. The van der Waals surface area contributed by atoms with E-state index in [1.165, 1.54) is 5.69 Å². The second kappa shape index (κ2) is 7.07. The molecule has 1 aromatic carbocycles. The van der Waals surface area contributed by atoms with Crippen molar-refractivity contribution in [1.82, 2.24) is 4.90 Å². The number of ether oxygens (including phenoxy) is 2. The molecule has 2 fully saturated rings. The lowest BCUT2D eigenvalue weighted by Crippen LogP contribution is -2.55. The molecular formula is C18H28N2O3. The fraction of sp³-hybridized carbons (Fsp3) is 0.667. The second-order valence-corrected chi connectivity index (χ2v) is 6.92. The molecular weight excluding hydrogens is 292 g/mol. The van der Waals surface area contributed by atoms with Crippen LogP contribution in [0.1, 0.15) is 13.3 Å². The van der Waals surface area contributed by atoms with Crippen LogP contribution in [0.3, 0.4) is 0 Å². The Morgan fingerprint density at radius 3 is 2.70 bits per heavy atom. The van der Waals surface area contributed by atoms with Crippen LogP contribution < -0.4 is 9.64 Å². The highest BCUT2D eigenvalue weighted by Crippen LogP contribution is 2.32. The number of methoxy groups -OCH3 is 1. The Hall–Kier alpha value is -1.30. The molecule has 23 heavy (non-hydrogen) atoms. The van der Waals surface area contributed by atoms with E-state index in [1.807, 2.05) is 12.1 Å². The number of aliphatic hydroxyl groups excluding tert-OH is 1. The molecule has 0 aromatic heterocycles. The van der Waals surface area contributed by atoms with Crippen molar-refractivity contribution in [3.8, 4) is 5.75 Å². The Labute approximate surface area is 138 Å². The van der Waals surface area contributed by atoms with Gasteiger partial charge in [0.25, 0.3) is 0 Å². The highest BCUT2D eigenvalue weighted by Gasteiger charge is 2.40. The van der Waals surface area contributed by atoms with Gasteiger partial charge in [-0.25, -0.2) is 0 Å². The van der Waals surface area contributed by atoms with Crippen LogP contribution in [0.4, 0.5) is 5.69 Å². The van der Waals surface area contributed by atoms with Gasteiger partial charge >= 0.3 is 0 Å². The second-order valence-electron chi connectivity index (χ2n) is 6.92. The summed E-state index contributed by atoms with van der Waals surface area (Å²) in [5.41, 5.74) is 1.13. The first-order valence-electron chi connectivity index (χ1n) is 8.48. The Morgan fingerprint density at radius 2 is 2.04 bits per heavy atom. The third-order valence-electron chi connectivity index (χ3n) is 5.21. The number of anilines is 1. The Morgan fingerprint density at radius 1 is 1.26 bits per heavy atom. The molecule has 0 aliphatic carbocycles. The van der Waals surface area contributed by atoms with E-state index in [2.05, 4.69) is 28.9 Å². The molecule has 2 heterocycles. The predicted octanol–water partition coefficient (Wildman–Crippen LogP) is 1.60. The molecule has 1 atom stereocenters. The first kappa shape index (κ1) is 16.6. The average Bonchev–Trinajstić information content (AvgIpc) is 2.73. The van der Waals surface area contributed by atoms with Gasteiger partial charge in [-0.05, 0) is 25.5 Å². The summed E-state index contributed by atoms with van der Waals surface area (Å²) in [5.74, 6) is 0.938. The highest BCUT2D eigenvalue weighted by atomic mass is 16.5. The van der Waals surface area contributed by atoms with Crippen molar-refractivity contribution in [2.75, 3.05) is 58.0 Å². The number of rotatable bonds is 5. The molecule has 0 spiro atoms. The van der Waals surface area contributed by atoms with Crippen molar-refractivity contribution in [2.24, 2.45) is 5.41 Å². The van der Waals surface area contributed by atoms with Crippen molar-refractivity contribution in [3.05, 3.63) is 24.3 Å². The number of hydrogen-bond donors (Lipinski definition) is 1. The molecule has 5 heteroatoms. The molecule has 0 saturated carbocycles. The van der Waals surface area contributed by atoms with Crippen LogP contribution >= 0.6 is 0 Å². The van der Waals surface area contributed by atoms with Crippen molar-refractivity contribution in [3.63, 3.8) is 0 Å². The number of nitrogens with zero attached hydrogens (tertiary/aromatic N) is 2. The van der Waals surface area contributed by atoms with Gasteiger partial charge < -0.3 is 19.5 Å². The molecule has 3 rings (SSSR count). The summed E-state index contributed by atoms with van der Waals surface area (Å²) in [6, 6.07) is 8.74. The lowest BCUT2D eigenvalue weighted by atomic mass is 9.86. The number of hydrogen-bond acceptors (Lipinski definition) is 5. The van der Waals surface area contributed by atoms with Crippen molar-refractivity contribution in [2.45, 2.75) is 19.4 Å². The van der Waals surface area contributed by atoms with Crippen LogP contribution in [0.2, 0.25) is 0 Å². The number of benzene rings is 1. The van der Waals surface area contributed by atoms with Gasteiger partial charge in [-0.1, -0.05) is 12.1 Å². The normalized spacial score (nSPS) is 24.8. The minimum Gasteiger partial charge on any atom is -0.495 e. The summed E-state index contributed by atoms with van der Waals surface area (Å²) < 4.78 is 10.9. The van der Waals surface area contributed by atoms with Gasteiger partial charge in [-0.2, -0.15) is 0 Å². The Balaban J connectivity index is 1.68. The summed E-state index contributed by atoms with van der Waals surface area (Å²) in [4.78, 5) is 4.92. The smallest absolute Gasteiger partial charge is 0.142 e. The molecule has 5 nitrogen and oxygen atoms in total. The van der Waals surface area contributed by atoms with Crippen molar-refractivity contribution in [1.29, 1.82) is 0 Å². The third-order valence-corrected chi connectivity index (χ3v) is 5.21. The molecule has 2 saturated heterocycles. The van der Waals surface area contributed by atoms with E-state index >= 15 is 0 Å². The average molecular weight is 320 g/mol. The summed E-state index contributed by atoms with van der Waals surface area (Å²) in [7, 11) is 1.73. The van der Waals surface area contributed by atoms with E-state index in [0.717, 1.165) is 38.3 Å². The summed E-state index contributed by atoms with van der Waals surface area (Å²) in [5, 5.41) is 9.69. The fourth-order valence-electron chi connectivity index (χ4n) is 3.53. The SMILES string of the molecule is COc1ccccc1N1CCC(C)N(CC2(CO)COC2)CC1. The van der Waals surface area contributed by atoms with Crippen LogP contribution in [0, 0.1) is 5.41 Å². The van der Waals surface area contributed by atoms with E-state index in [9.17, 15) is 5.11 Å². The van der Waals surface area contributed by atoms with E-state index in [-0.39, 0.29) is 12.0 Å². The number of aliphatic hydroxyl groups is 1. The minimum atomic E-state index is -0.0478. The molecule has 128 valence electrons. The molecule has 0 radical (unpaired) electrons. The van der Waals surface area contributed by atoms with Gasteiger partial charge in [-0.15, -0.1) is 0 Å². The maximum Gasteiger partial charge on any atom is 0.142 e. The van der Waals surface area contributed by atoms with Crippen molar-refractivity contribution >= 4 is 5.69 Å². The topological polar surface area (TPSA) is 45.2 Å². The minimum absolute atomic E-state index is 0.0478. The van der Waals surface area contributed by atoms with Crippen LogP contribution in [0.5, 0.6) is 5.75 Å². The zero-order chi connectivity index (χ0) is 16.3. The first-order valence-corrected chi connectivity index (χ1v) is 8.48. The van der Waals surface area contributed by atoms with Crippen LogP contribution in [-0.2, 0) is 4.74 Å². The Bertz CT molecular complexity index is 513. The highest BCUT2D eigenvalue weighted by molar-refractivity contribution is 5.58. The van der Waals surface area contributed by atoms with Gasteiger partial charge in [0.1, 0.15) is 5.75 Å². The van der Waals surface area contributed by atoms with E-state index in [0.29, 0.717) is 19.3 Å². The standard InChI is InChI=1S/C18H28N2O3/c1-15-7-8-19(16-5-3-4-6-17(16)22-2)9-10-20(15)11-18(12-21)13-23-14-18/h3-6,15,21H,7-14H2,1-2H3. The van der Waals surface area contributed by atoms with E-state index < -0.39 is 0 Å². The molecule has 2 aliphatic rings. The lowest BCUT2D eigenvalue weighted by Gasteiger charge is -2.44. The fourth-order valence-corrected chi connectivity index (χ4v) is 3.53. The predicted molar refractivity (Wildman–Crippen MR) is 91.2 cm³/mol. The van der Waals surface area contributed by atoms with Crippen molar-refractivity contribution < 1.29 is 14.6 Å². The van der Waals surface area contributed by atoms with Gasteiger partial charge in [0.05, 0.1) is 38.0 Å². The lowest BCUT2D eigenvalue weighted by molar-refractivity contribution is -0.150. The zero-order valence-corrected chi connectivity index (χ0v) is 14.2. The van der Waals surface area contributed by atoms with Gasteiger partial charge in [0, 0.05) is 32.2 Å². The molecule has 2 aliphatic heterocycles. The molecule has 1 aromatic rings. The first-order chi connectivity index (χ1) is 11.2. The maximum atomic E-state index is 9.69. The van der Waals surface area contributed by atoms with E-state index in [4.69, 9.17) is 9.47 Å². The van der Waals surface area contributed by atoms with Crippen LogP contribution in [-0.4, -0.2) is 69.2 Å².